The zero-order chi connectivity index (χ0) is 18.5. The smallest absolute Gasteiger partial charge is 0.303 e. The molecule has 5 heteroatoms. The van der Waals surface area contributed by atoms with Gasteiger partial charge in [-0.1, -0.05) is 30.3 Å². The molecule has 1 atom stereocenters. The summed E-state index contributed by atoms with van der Waals surface area (Å²) >= 11 is 0. The van der Waals surface area contributed by atoms with E-state index in [4.69, 9.17) is 9.47 Å². The normalized spacial score (nSPS) is 16.8. The molecular formula is C21H25NO4. The maximum Gasteiger partial charge on any atom is 0.303 e. The Kier molecular flexibility index (Phi) is 5.78. The van der Waals surface area contributed by atoms with Gasteiger partial charge in [-0.05, 0) is 41.7 Å². The van der Waals surface area contributed by atoms with E-state index in [0.717, 1.165) is 30.8 Å². The first-order valence-corrected chi connectivity index (χ1v) is 8.87. The van der Waals surface area contributed by atoms with Gasteiger partial charge in [0.2, 0.25) is 0 Å². The number of carboxylic acids is 1. The molecule has 1 aliphatic heterocycles. The SMILES string of the molecule is COc1cc2c(cc1OC)C(CCC(=O)O)N(Cc1ccccc1)CC2. The number of aliphatic carboxylic acids is 1. The average molecular weight is 355 g/mol. The van der Waals surface area contributed by atoms with Crippen LogP contribution in [0.3, 0.4) is 0 Å². The van der Waals surface area contributed by atoms with Crippen LogP contribution in [0.2, 0.25) is 0 Å². The minimum Gasteiger partial charge on any atom is -0.493 e. The van der Waals surface area contributed by atoms with Crippen LogP contribution in [0.15, 0.2) is 42.5 Å². The molecule has 2 aromatic carbocycles. The monoisotopic (exact) mass is 355 g/mol. The van der Waals surface area contributed by atoms with Crippen LogP contribution in [-0.2, 0) is 17.8 Å². The van der Waals surface area contributed by atoms with E-state index >= 15 is 0 Å². The highest BCUT2D eigenvalue weighted by Gasteiger charge is 2.29. The van der Waals surface area contributed by atoms with Crippen LogP contribution in [0, 0.1) is 0 Å². The summed E-state index contributed by atoms with van der Waals surface area (Å²) in [4.78, 5) is 13.5. The Bertz CT molecular complexity index is 760. The standard InChI is InChI=1S/C21H25NO4/c1-25-19-12-16-10-11-22(14-15-6-4-3-5-7-15)18(8-9-21(23)24)17(16)13-20(19)26-2/h3-7,12-13,18H,8-11,14H2,1-2H3,(H,23,24). The van der Waals surface area contributed by atoms with Gasteiger partial charge in [-0.2, -0.15) is 0 Å². The minimum absolute atomic E-state index is 0.0508. The fraction of sp³-hybridized carbons (Fsp3) is 0.381. The molecule has 1 aliphatic rings. The van der Waals surface area contributed by atoms with Gasteiger partial charge in [-0.15, -0.1) is 0 Å². The van der Waals surface area contributed by atoms with E-state index in [1.807, 2.05) is 30.3 Å². The molecule has 138 valence electrons. The molecule has 0 aromatic heterocycles. The first kappa shape index (κ1) is 18.3. The summed E-state index contributed by atoms with van der Waals surface area (Å²) in [5, 5.41) is 9.19. The van der Waals surface area contributed by atoms with E-state index in [1.165, 1.54) is 11.1 Å². The van der Waals surface area contributed by atoms with Crippen LogP contribution in [0.5, 0.6) is 11.5 Å². The number of ether oxygens (including phenoxy) is 2. The number of benzene rings is 2. The largest absolute Gasteiger partial charge is 0.493 e. The van der Waals surface area contributed by atoms with Crippen molar-refractivity contribution >= 4 is 5.97 Å². The van der Waals surface area contributed by atoms with Crippen molar-refractivity contribution in [2.24, 2.45) is 0 Å². The number of rotatable bonds is 7. The number of hydrogen-bond acceptors (Lipinski definition) is 4. The lowest BCUT2D eigenvalue weighted by Crippen LogP contribution is -2.35. The molecule has 1 unspecified atom stereocenters. The Balaban J connectivity index is 1.93. The van der Waals surface area contributed by atoms with Gasteiger partial charge >= 0.3 is 5.97 Å². The van der Waals surface area contributed by atoms with Gasteiger partial charge < -0.3 is 14.6 Å². The Hall–Kier alpha value is -2.53. The highest BCUT2D eigenvalue weighted by atomic mass is 16.5. The highest BCUT2D eigenvalue weighted by molar-refractivity contribution is 5.66. The van der Waals surface area contributed by atoms with Gasteiger partial charge in [0.15, 0.2) is 11.5 Å². The van der Waals surface area contributed by atoms with Crippen LogP contribution in [-0.4, -0.2) is 36.7 Å². The van der Waals surface area contributed by atoms with Gasteiger partial charge in [-0.3, -0.25) is 9.69 Å². The predicted molar refractivity (Wildman–Crippen MR) is 99.7 cm³/mol. The van der Waals surface area contributed by atoms with Crippen LogP contribution in [0.1, 0.15) is 35.6 Å². The second-order valence-corrected chi connectivity index (χ2v) is 6.56. The summed E-state index contributed by atoms with van der Waals surface area (Å²) in [6, 6.07) is 14.4. The lowest BCUT2D eigenvalue weighted by molar-refractivity contribution is -0.137. The zero-order valence-corrected chi connectivity index (χ0v) is 15.3. The molecule has 0 amide bonds. The second kappa shape index (κ2) is 8.23. The van der Waals surface area contributed by atoms with Gasteiger partial charge in [0.05, 0.1) is 14.2 Å². The third-order valence-electron chi connectivity index (χ3n) is 4.97. The minimum atomic E-state index is -0.766. The van der Waals surface area contributed by atoms with Crippen molar-refractivity contribution in [1.29, 1.82) is 0 Å². The van der Waals surface area contributed by atoms with E-state index in [0.29, 0.717) is 12.2 Å². The lowest BCUT2D eigenvalue weighted by atomic mass is 9.89. The molecular weight excluding hydrogens is 330 g/mol. The number of nitrogens with zero attached hydrogens (tertiary/aromatic N) is 1. The molecule has 0 saturated carbocycles. The first-order valence-electron chi connectivity index (χ1n) is 8.87. The topological polar surface area (TPSA) is 59.0 Å². The lowest BCUT2D eigenvalue weighted by Gasteiger charge is -2.38. The fourth-order valence-corrected chi connectivity index (χ4v) is 3.69. The predicted octanol–water partition coefficient (Wildman–Crippen LogP) is 3.67. The van der Waals surface area contributed by atoms with Crippen molar-refractivity contribution in [2.45, 2.75) is 31.8 Å². The molecule has 2 aromatic rings. The number of carboxylic acid groups (broad SMARTS) is 1. The zero-order valence-electron chi connectivity index (χ0n) is 15.3. The number of carbonyl (C=O) groups is 1. The van der Waals surface area contributed by atoms with Crippen molar-refractivity contribution in [3.05, 3.63) is 59.2 Å². The molecule has 0 spiro atoms. The maximum atomic E-state index is 11.2. The summed E-state index contributed by atoms with van der Waals surface area (Å²) in [6.45, 7) is 1.70. The highest BCUT2D eigenvalue weighted by Crippen LogP contribution is 2.40. The molecule has 0 aliphatic carbocycles. The summed E-state index contributed by atoms with van der Waals surface area (Å²) < 4.78 is 10.9. The van der Waals surface area contributed by atoms with Crippen LogP contribution >= 0.6 is 0 Å². The third kappa shape index (κ3) is 3.99. The van der Waals surface area contributed by atoms with Crippen molar-refractivity contribution in [1.82, 2.24) is 4.90 Å². The average Bonchev–Trinajstić information content (AvgIpc) is 2.66. The summed E-state index contributed by atoms with van der Waals surface area (Å²) in [6.07, 6.45) is 1.63. The van der Waals surface area contributed by atoms with Gasteiger partial charge in [0.25, 0.3) is 0 Å². The summed E-state index contributed by atoms with van der Waals surface area (Å²) in [5.74, 6) is 0.644. The Morgan fingerprint density at radius 3 is 2.50 bits per heavy atom. The number of hydrogen-bond donors (Lipinski definition) is 1. The van der Waals surface area contributed by atoms with Crippen molar-refractivity contribution < 1.29 is 19.4 Å². The quantitative estimate of drug-likeness (QED) is 0.821. The number of methoxy groups -OCH3 is 2. The molecule has 0 saturated heterocycles. The van der Waals surface area contributed by atoms with Gasteiger partial charge in [0, 0.05) is 25.6 Å². The van der Waals surface area contributed by atoms with Crippen molar-refractivity contribution in [3.8, 4) is 11.5 Å². The van der Waals surface area contributed by atoms with E-state index in [-0.39, 0.29) is 12.5 Å². The van der Waals surface area contributed by atoms with Gasteiger partial charge in [0.1, 0.15) is 0 Å². The molecule has 0 bridgehead atoms. The van der Waals surface area contributed by atoms with Gasteiger partial charge in [-0.25, -0.2) is 0 Å². The summed E-state index contributed by atoms with van der Waals surface area (Å²) in [5.41, 5.74) is 3.59. The molecule has 3 rings (SSSR count). The van der Waals surface area contributed by atoms with Crippen molar-refractivity contribution in [2.75, 3.05) is 20.8 Å². The van der Waals surface area contributed by atoms with Crippen LogP contribution < -0.4 is 9.47 Å². The number of fused-ring (bicyclic) bond motifs is 1. The Morgan fingerprint density at radius 1 is 1.15 bits per heavy atom. The maximum absolute atomic E-state index is 11.2. The Morgan fingerprint density at radius 2 is 1.85 bits per heavy atom. The molecule has 1 N–H and O–H groups in total. The van der Waals surface area contributed by atoms with E-state index in [2.05, 4.69) is 17.0 Å². The fourth-order valence-electron chi connectivity index (χ4n) is 3.69. The van der Waals surface area contributed by atoms with E-state index < -0.39 is 5.97 Å². The third-order valence-corrected chi connectivity index (χ3v) is 4.97. The molecule has 0 fully saturated rings. The first-order chi connectivity index (χ1) is 12.6. The molecule has 26 heavy (non-hydrogen) atoms. The molecule has 5 nitrogen and oxygen atoms in total. The van der Waals surface area contributed by atoms with Crippen LogP contribution in [0.25, 0.3) is 0 Å². The second-order valence-electron chi connectivity index (χ2n) is 6.56. The molecule has 0 radical (unpaired) electrons. The van der Waals surface area contributed by atoms with Crippen LogP contribution in [0.4, 0.5) is 0 Å². The van der Waals surface area contributed by atoms with E-state index in [1.54, 1.807) is 14.2 Å². The van der Waals surface area contributed by atoms with Crippen molar-refractivity contribution in [3.63, 3.8) is 0 Å². The summed E-state index contributed by atoms with van der Waals surface area (Å²) in [7, 11) is 3.26. The van der Waals surface area contributed by atoms with E-state index in [9.17, 15) is 9.90 Å². The Labute approximate surface area is 154 Å². The molecule has 1 heterocycles.